The van der Waals surface area contributed by atoms with E-state index in [4.69, 9.17) is 9.84 Å². The summed E-state index contributed by atoms with van der Waals surface area (Å²) < 4.78 is 5.89. The Morgan fingerprint density at radius 3 is 2.42 bits per heavy atom. The molecule has 36 heavy (non-hydrogen) atoms. The number of aryl methyl sites for hydroxylation is 1. The number of para-hydroxylation sites is 2. The SMILES string of the molecule is Cc1ccccc1NC(=O)CN1C(=O)S/C(=C\c2ccccc2OCc2ccc(C(=O)O)cc2)C1=O. The number of hydrogen-bond donors (Lipinski definition) is 2. The van der Waals surface area contributed by atoms with Crippen LogP contribution >= 0.6 is 11.8 Å². The number of amides is 3. The number of anilines is 1. The van der Waals surface area contributed by atoms with E-state index in [0.717, 1.165) is 27.8 Å². The van der Waals surface area contributed by atoms with Gasteiger partial charge in [-0.1, -0.05) is 48.5 Å². The second-order valence-corrected chi connectivity index (χ2v) is 8.95. The highest BCUT2D eigenvalue weighted by atomic mass is 32.2. The first-order chi connectivity index (χ1) is 17.3. The molecule has 1 aliphatic rings. The quantitative estimate of drug-likeness (QED) is 0.419. The zero-order valence-corrected chi connectivity index (χ0v) is 20.1. The summed E-state index contributed by atoms with van der Waals surface area (Å²) in [5, 5.41) is 11.2. The lowest BCUT2D eigenvalue weighted by Gasteiger charge is -2.13. The monoisotopic (exact) mass is 502 g/mol. The maximum atomic E-state index is 12.9. The van der Waals surface area contributed by atoms with E-state index < -0.39 is 23.0 Å². The molecular formula is C27H22N2O6S. The molecule has 9 heteroatoms. The van der Waals surface area contributed by atoms with Crippen molar-refractivity contribution in [1.82, 2.24) is 4.90 Å². The van der Waals surface area contributed by atoms with E-state index in [1.54, 1.807) is 54.6 Å². The molecule has 1 saturated heterocycles. The van der Waals surface area contributed by atoms with Gasteiger partial charge in [-0.15, -0.1) is 0 Å². The smallest absolute Gasteiger partial charge is 0.335 e. The molecule has 0 aliphatic carbocycles. The zero-order valence-electron chi connectivity index (χ0n) is 19.3. The van der Waals surface area contributed by atoms with Gasteiger partial charge in [0.05, 0.1) is 10.5 Å². The van der Waals surface area contributed by atoms with Gasteiger partial charge >= 0.3 is 5.97 Å². The van der Waals surface area contributed by atoms with Gasteiger partial charge in [-0.2, -0.15) is 0 Å². The molecule has 0 unspecified atom stereocenters. The van der Waals surface area contributed by atoms with E-state index in [1.807, 2.05) is 19.1 Å². The number of carbonyl (C=O) groups is 4. The number of nitrogens with zero attached hydrogens (tertiary/aromatic N) is 1. The van der Waals surface area contributed by atoms with Gasteiger partial charge in [-0.05, 0) is 60.2 Å². The van der Waals surface area contributed by atoms with Crippen molar-refractivity contribution in [1.29, 1.82) is 0 Å². The van der Waals surface area contributed by atoms with Crippen molar-refractivity contribution < 1.29 is 29.0 Å². The summed E-state index contributed by atoms with van der Waals surface area (Å²) in [5.74, 6) is -1.53. The second kappa shape index (κ2) is 10.9. The number of aromatic carboxylic acids is 1. The first kappa shape index (κ1) is 24.7. The van der Waals surface area contributed by atoms with Crippen LogP contribution < -0.4 is 10.1 Å². The summed E-state index contributed by atoms with van der Waals surface area (Å²) in [6.07, 6.45) is 1.56. The van der Waals surface area contributed by atoms with Crippen molar-refractivity contribution in [3.63, 3.8) is 0 Å². The fourth-order valence-electron chi connectivity index (χ4n) is 3.46. The number of carbonyl (C=O) groups excluding carboxylic acids is 3. The Hall–Kier alpha value is -4.37. The van der Waals surface area contributed by atoms with E-state index in [2.05, 4.69) is 5.32 Å². The largest absolute Gasteiger partial charge is 0.488 e. The summed E-state index contributed by atoms with van der Waals surface area (Å²) >= 11 is 0.763. The van der Waals surface area contributed by atoms with Gasteiger partial charge in [0.1, 0.15) is 18.9 Å². The highest BCUT2D eigenvalue weighted by molar-refractivity contribution is 8.18. The average molecular weight is 503 g/mol. The number of carboxylic acids is 1. The molecule has 4 rings (SSSR count). The van der Waals surface area contributed by atoms with Gasteiger partial charge in [0.25, 0.3) is 11.1 Å². The minimum atomic E-state index is -1.01. The molecule has 0 radical (unpaired) electrons. The van der Waals surface area contributed by atoms with Gasteiger partial charge in [-0.25, -0.2) is 4.79 Å². The first-order valence-corrected chi connectivity index (χ1v) is 11.8. The van der Waals surface area contributed by atoms with Crippen molar-refractivity contribution in [3.05, 3.63) is 100.0 Å². The van der Waals surface area contributed by atoms with Gasteiger partial charge in [0.2, 0.25) is 5.91 Å². The standard InChI is InChI=1S/C27H22N2O6S/c1-17-6-2-4-8-21(17)28-24(30)15-29-25(31)23(36-27(29)34)14-20-7-3-5-9-22(20)35-16-18-10-12-19(13-11-18)26(32)33/h2-14H,15-16H2,1H3,(H,28,30)(H,32,33)/b23-14-. The highest BCUT2D eigenvalue weighted by Gasteiger charge is 2.36. The summed E-state index contributed by atoms with van der Waals surface area (Å²) in [6.45, 7) is 1.65. The van der Waals surface area contributed by atoms with E-state index in [-0.39, 0.29) is 23.6 Å². The number of imide groups is 1. The number of rotatable bonds is 8. The lowest BCUT2D eigenvalue weighted by Crippen LogP contribution is -2.36. The number of carboxylic acid groups (broad SMARTS) is 1. The summed E-state index contributed by atoms with van der Waals surface area (Å²) in [6, 6.07) is 20.6. The fourth-order valence-corrected chi connectivity index (χ4v) is 4.29. The Balaban J connectivity index is 1.44. The molecule has 0 saturated carbocycles. The molecule has 3 aromatic carbocycles. The van der Waals surface area contributed by atoms with Crippen LogP contribution in [0.1, 0.15) is 27.0 Å². The van der Waals surface area contributed by atoms with E-state index in [9.17, 15) is 19.2 Å². The number of thioether (sulfide) groups is 1. The lowest BCUT2D eigenvalue weighted by atomic mass is 10.1. The van der Waals surface area contributed by atoms with Crippen molar-refractivity contribution >= 4 is 46.5 Å². The summed E-state index contributed by atoms with van der Waals surface area (Å²) in [5.41, 5.74) is 3.04. The van der Waals surface area contributed by atoms with Crippen molar-refractivity contribution in [2.45, 2.75) is 13.5 Å². The highest BCUT2D eigenvalue weighted by Crippen LogP contribution is 2.34. The van der Waals surface area contributed by atoms with Crippen LogP contribution in [0.25, 0.3) is 6.08 Å². The van der Waals surface area contributed by atoms with E-state index >= 15 is 0 Å². The Bertz CT molecular complexity index is 1370. The number of ether oxygens (including phenoxy) is 1. The predicted molar refractivity (Wildman–Crippen MR) is 137 cm³/mol. The number of hydrogen-bond acceptors (Lipinski definition) is 6. The topological polar surface area (TPSA) is 113 Å². The molecule has 0 aromatic heterocycles. The third kappa shape index (κ3) is 5.81. The fraction of sp³-hybridized carbons (Fsp3) is 0.111. The molecule has 0 bridgehead atoms. The third-order valence-electron chi connectivity index (χ3n) is 5.40. The summed E-state index contributed by atoms with van der Waals surface area (Å²) in [7, 11) is 0. The van der Waals surface area contributed by atoms with Crippen molar-refractivity contribution in [2.75, 3.05) is 11.9 Å². The molecule has 3 amide bonds. The van der Waals surface area contributed by atoms with Gasteiger partial charge in [0, 0.05) is 11.3 Å². The first-order valence-electron chi connectivity index (χ1n) is 11.0. The normalized spacial score (nSPS) is 14.2. The molecule has 0 atom stereocenters. The number of nitrogens with one attached hydrogen (secondary N) is 1. The molecular weight excluding hydrogens is 480 g/mol. The van der Waals surface area contributed by atoms with Crippen LogP contribution in [-0.2, 0) is 16.2 Å². The average Bonchev–Trinajstić information content (AvgIpc) is 3.12. The van der Waals surface area contributed by atoms with Crippen LogP contribution in [0.2, 0.25) is 0 Å². The van der Waals surface area contributed by atoms with Gasteiger partial charge in [-0.3, -0.25) is 19.3 Å². The Morgan fingerprint density at radius 1 is 1.00 bits per heavy atom. The van der Waals surface area contributed by atoms with E-state index in [0.29, 0.717) is 17.0 Å². The molecule has 8 nitrogen and oxygen atoms in total. The molecule has 1 aliphatic heterocycles. The van der Waals surface area contributed by atoms with Crippen molar-refractivity contribution in [2.24, 2.45) is 0 Å². The molecule has 1 fully saturated rings. The minimum absolute atomic E-state index is 0.183. The minimum Gasteiger partial charge on any atom is -0.488 e. The maximum Gasteiger partial charge on any atom is 0.335 e. The zero-order chi connectivity index (χ0) is 25.7. The molecule has 1 heterocycles. The molecule has 182 valence electrons. The Morgan fingerprint density at radius 2 is 1.69 bits per heavy atom. The van der Waals surface area contributed by atoms with Gasteiger partial charge < -0.3 is 15.2 Å². The molecule has 2 N–H and O–H groups in total. The van der Waals surface area contributed by atoms with Crippen LogP contribution in [0.3, 0.4) is 0 Å². The summed E-state index contributed by atoms with van der Waals surface area (Å²) in [4.78, 5) is 50.0. The molecule has 3 aromatic rings. The van der Waals surface area contributed by atoms with Crippen LogP contribution in [0.5, 0.6) is 5.75 Å². The lowest BCUT2D eigenvalue weighted by molar-refractivity contribution is -0.127. The van der Waals surface area contributed by atoms with E-state index in [1.165, 1.54) is 12.1 Å². The third-order valence-corrected chi connectivity index (χ3v) is 6.30. The second-order valence-electron chi connectivity index (χ2n) is 7.96. The van der Waals surface area contributed by atoms with Crippen LogP contribution in [0, 0.1) is 6.92 Å². The van der Waals surface area contributed by atoms with Crippen LogP contribution in [-0.4, -0.2) is 39.6 Å². The Labute approximate surface area is 211 Å². The van der Waals surface area contributed by atoms with Crippen molar-refractivity contribution in [3.8, 4) is 5.75 Å². The number of benzene rings is 3. The van der Waals surface area contributed by atoms with Crippen LogP contribution in [0.4, 0.5) is 10.5 Å². The molecule has 0 spiro atoms. The Kier molecular flexibility index (Phi) is 7.50. The van der Waals surface area contributed by atoms with Crippen LogP contribution in [0.15, 0.2) is 77.7 Å². The van der Waals surface area contributed by atoms with Gasteiger partial charge in [0.15, 0.2) is 0 Å². The predicted octanol–water partition coefficient (Wildman–Crippen LogP) is 4.95. The maximum absolute atomic E-state index is 12.9.